The summed E-state index contributed by atoms with van der Waals surface area (Å²) < 4.78 is 47.1. The fourth-order valence-electron chi connectivity index (χ4n) is 5.90. The topological polar surface area (TPSA) is 96.8 Å². The fraction of sp³-hybridized carbons (Fsp3) is 0.333. The molecule has 2 aliphatic rings. The summed E-state index contributed by atoms with van der Waals surface area (Å²) in [7, 11) is -2.22. The number of nitrogens with zero attached hydrogens (tertiary/aromatic N) is 3. The molecule has 2 heterocycles. The number of fused-ring (bicyclic) bond motifs is 1. The van der Waals surface area contributed by atoms with E-state index in [1.54, 1.807) is 31.6 Å². The van der Waals surface area contributed by atoms with Crippen LogP contribution in [0.3, 0.4) is 0 Å². The van der Waals surface area contributed by atoms with E-state index in [0.29, 0.717) is 38.8 Å². The van der Waals surface area contributed by atoms with Crippen LogP contribution in [0, 0.1) is 5.82 Å². The molecule has 2 aromatic carbocycles. The van der Waals surface area contributed by atoms with Crippen molar-refractivity contribution in [3.8, 4) is 5.75 Å². The maximum absolute atomic E-state index is 14.4. The Balaban J connectivity index is 1.55. The number of aromatic nitrogens is 1. The second kappa shape index (κ2) is 9.75. The van der Waals surface area contributed by atoms with Crippen molar-refractivity contribution >= 4 is 21.9 Å². The molecule has 0 saturated carbocycles. The molecular formula is C27H29FN3O5S+. The summed E-state index contributed by atoms with van der Waals surface area (Å²) in [5.74, 6) is -0.336. The van der Waals surface area contributed by atoms with Gasteiger partial charge in [-0.15, -0.1) is 0 Å². The van der Waals surface area contributed by atoms with Crippen LogP contribution in [0.1, 0.15) is 36.4 Å². The molecule has 37 heavy (non-hydrogen) atoms. The molecule has 1 aliphatic carbocycles. The Morgan fingerprint density at radius 3 is 2.38 bits per heavy atom. The van der Waals surface area contributed by atoms with E-state index in [2.05, 4.69) is 9.88 Å². The van der Waals surface area contributed by atoms with E-state index in [-0.39, 0.29) is 20.6 Å². The van der Waals surface area contributed by atoms with Crippen LogP contribution in [-0.2, 0) is 16.4 Å². The number of benzene rings is 2. The summed E-state index contributed by atoms with van der Waals surface area (Å²) in [6, 6.07) is 13.3. The number of ether oxygens (including phenoxy) is 1. The lowest BCUT2D eigenvalue weighted by molar-refractivity contribution is -0.846. The number of sulfonamides is 1. The zero-order valence-corrected chi connectivity index (χ0v) is 21.3. The number of quaternary nitrogens is 1. The van der Waals surface area contributed by atoms with Crippen LogP contribution >= 0.6 is 0 Å². The monoisotopic (exact) mass is 526 g/mol. The number of piperidine rings is 1. The largest absolute Gasteiger partial charge is 0.511 e. The molecule has 0 radical (unpaired) electrons. The van der Waals surface area contributed by atoms with Crippen molar-refractivity contribution in [1.29, 1.82) is 0 Å². The van der Waals surface area contributed by atoms with Gasteiger partial charge in [0.25, 0.3) is 0 Å². The molecule has 1 aromatic heterocycles. The van der Waals surface area contributed by atoms with Crippen molar-refractivity contribution in [3.05, 3.63) is 83.9 Å². The molecular weight excluding hydrogens is 497 g/mol. The number of aryl methyl sites for hydroxylation is 1. The molecule has 10 heteroatoms. The van der Waals surface area contributed by atoms with Crippen LogP contribution in [0.15, 0.2) is 71.9 Å². The van der Waals surface area contributed by atoms with Crippen molar-refractivity contribution in [2.45, 2.75) is 42.7 Å². The van der Waals surface area contributed by atoms with Gasteiger partial charge in [-0.05, 0) is 60.5 Å². The summed E-state index contributed by atoms with van der Waals surface area (Å²) in [5.41, 5.74) is 2.81. The highest BCUT2D eigenvalue weighted by molar-refractivity contribution is 7.86. The number of carboxylic acid groups (broad SMARTS) is 1. The van der Waals surface area contributed by atoms with Gasteiger partial charge in [-0.3, -0.25) is 4.98 Å². The predicted molar refractivity (Wildman–Crippen MR) is 135 cm³/mol. The van der Waals surface area contributed by atoms with Crippen LogP contribution in [0.2, 0.25) is 0 Å². The highest BCUT2D eigenvalue weighted by atomic mass is 32.2. The predicted octanol–water partition coefficient (Wildman–Crippen LogP) is 4.77. The van der Waals surface area contributed by atoms with Gasteiger partial charge >= 0.3 is 16.2 Å². The van der Waals surface area contributed by atoms with E-state index in [1.165, 1.54) is 24.3 Å². The third-order valence-corrected chi connectivity index (χ3v) is 10.3. The summed E-state index contributed by atoms with van der Waals surface area (Å²) in [6.45, 7) is 1.37. The maximum atomic E-state index is 14.4. The zero-order valence-electron chi connectivity index (χ0n) is 20.5. The van der Waals surface area contributed by atoms with Crippen molar-refractivity contribution in [3.63, 3.8) is 0 Å². The number of rotatable bonds is 6. The number of anilines is 1. The summed E-state index contributed by atoms with van der Waals surface area (Å²) in [4.78, 5) is 17.5. The standard InChI is InChI=1S/C27H28FN3O5S/c1-31(37(34,35)24-7-4-20(28)5-8-24,22-12-16-30(17-13-22)21-10-14-29-15-11-21)26-9-3-19-2-6-23(18-25(19)26)36-27(32)33/h2,4-8,10-11,14-15,18,22,26H,3,9,12-13,16-17H2,1H3/p+1/t26-,31?/m1/s1. The summed E-state index contributed by atoms with van der Waals surface area (Å²) in [6.07, 6.45) is 4.60. The molecule has 0 bridgehead atoms. The zero-order chi connectivity index (χ0) is 26.2. The minimum atomic E-state index is -3.98. The van der Waals surface area contributed by atoms with E-state index >= 15 is 0 Å². The maximum Gasteiger partial charge on any atom is 0.511 e. The highest BCUT2D eigenvalue weighted by Crippen LogP contribution is 2.48. The molecule has 194 valence electrons. The first-order valence-electron chi connectivity index (χ1n) is 12.3. The molecule has 5 rings (SSSR count). The molecule has 8 nitrogen and oxygen atoms in total. The first-order valence-corrected chi connectivity index (χ1v) is 13.7. The molecule has 1 saturated heterocycles. The second-order valence-electron chi connectivity index (χ2n) is 9.69. The van der Waals surface area contributed by atoms with Gasteiger partial charge < -0.3 is 14.7 Å². The van der Waals surface area contributed by atoms with Gasteiger partial charge in [-0.1, -0.05) is 6.07 Å². The molecule has 1 aliphatic heterocycles. The van der Waals surface area contributed by atoms with Crippen LogP contribution in [0.5, 0.6) is 5.75 Å². The highest BCUT2D eigenvalue weighted by Gasteiger charge is 2.54. The molecule has 2 atom stereocenters. The van der Waals surface area contributed by atoms with Crippen LogP contribution in [0.25, 0.3) is 0 Å². The average molecular weight is 527 g/mol. The number of carbonyl (C=O) groups is 1. The van der Waals surface area contributed by atoms with Gasteiger partial charge in [0.15, 0.2) is 0 Å². The van der Waals surface area contributed by atoms with E-state index < -0.39 is 28.0 Å². The minimum absolute atomic E-state index is 0.0688. The Kier molecular flexibility index (Phi) is 6.63. The van der Waals surface area contributed by atoms with Crippen LogP contribution in [-0.4, -0.2) is 54.7 Å². The van der Waals surface area contributed by atoms with Crippen molar-refractivity contribution in [2.75, 3.05) is 25.0 Å². The lowest BCUT2D eigenvalue weighted by Gasteiger charge is -2.47. The fourth-order valence-corrected chi connectivity index (χ4v) is 7.99. The van der Waals surface area contributed by atoms with Gasteiger partial charge in [0.2, 0.25) is 0 Å². The third kappa shape index (κ3) is 4.55. The Labute approximate surface area is 215 Å². The smallest absolute Gasteiger partial charge is 0.449 e. The van der Waals surface area contributed by atoms with Gasteiger partial charge in [0.05, 0.1) is 7.05 Å². The number of halogens is 1. The number of hydrogen-bond acceptors (Lipinski definition) is 6. The van der Waals surface area contributed by atoms with Gasteiger partial charge in [-0.2, -0.15) is 8.42 Å². The molecule has 1 fully saturated rings. The normalized spacial score (nSPS) is 19.7. The Hall–Kier alpha value is -3.50. The number of hydrogen-bond donors (Lipinski definition) is 1. The molecule has 3 aromatic rings. The van der Waals surface area contributed by atoms with Crippen LogP contribution in [0.4, 0.5) is 14.9 Å². The van der Waals surface area contributed by atoms with Crippen molar-refractivity contribution in [2.24, 2.45) is 0 Å². The number of pyridine rings is 1. The SMILES string of the molecule is C[N+](C1CCN(c2ccncc2)CC1)([C@@H]1CCc2ccc(OC(=O)O)cc21)S(=O)(=O)c1ccc(F)cc1. The van der Waals surface area contributed by atoms with E-state index in [0.717, 1.165) is 16.8 Å². The molecule has 1 unspecified atom stereocenters. The van der Waals surface area contributed by atoms with Gasteiger partial charge in [0, 0.05) is 56.0 Å². The molecule has 0 amide bonds. The summed E-state index contributed by atoms with van der Waals surface area (Å²) >= 11 is 0. The van der Waals surface area contributed by atoms with Crippen LogP contribution < -0.4 is 9.64 Å². The average Bonchev–Trinajstić information content (AvgIpc) is 3.32. The Morgan fingerprint density at radius 1 is 1.05 bits per heavy atom. The lowest BCUT2D eigenvalue weighted by atomic mass is 9.98. The minimum Gasteiger partial charge on any atom is -0.449 e. The molecule has 0 spiro atoms. The third-order valence-electron chi connectivity index (χ3n) is 7.83. The van der Waals surface area contributed by atoms with E-state index in [4.69, 9.17) is 9.84 Å². The quantitative estimate of drug-likeness (QED) is 0.281. The van der Waals surface area contributed by atoms with Crippen molar-refractivity contribution < 1.29 is 31.3 Å². The molecule has 1 N–H and O–H groups in total. The van der Waals surface area contributed by atoms with Crippen molar-refractivity contribution in [1.82, 2.24) is 4.98 Å². The van der Waals surface area contributed by atoms with E-state index in [1.807, 2.05) is 18.2 Å². The Bertz CT molecular complexity index is 1390. The second-order valence-corrected chi connectivity index (χ2v) is 11.9. The van der Waals surface area contributed by atoms with Gasteiger partial charge in [0.1, 0.15) is 28.5 Å². The first kappa shape index (κ1) is 25.2. The van der Waals surface area contributed by atoms with E-state index in [9.17, 15) is 17.6 Å². The lowest BCUT2D eigenvalue weighted by Crippen LogP contribution is -2.60. The Morgan fingerprint density at radius 2 is 1.73 bits per heavy atom. The summed E-state index contributed by atoms with van der Waals surface area (Å²) in [5, 5.41) is 9.10. The van der Waals surface area contributed by atoms with Gasteiger partial charge in [-0.25, -0.2) is 13.1 Å². The first-order chi connectivity index (χ1) is 17.7.